The molecule has 0 bridgehead atoms. The number of rotatable bonds is 9. The zero-order valence-corrected chi connectivity index (χ0v) is 16.6. The Bertz CT molecular complexity index is 751. The fourth-order valence-electron chi connectivity index (χ4n) is 3.38. The van der Waals surface area contributed by atoms with E-state index in [4.69, 9.17) is 4.74 Å². The van der Waals surface area contributed by atoms with Crippen LogP contribution in [0.3, 0.4) is 0 Å². The Morgan fingerprint density at radius 1 is 1.15 bits per heavy atom. The van der Waals surface area contributed by atoms with Crippen molar-refractivity contribution < 1.29 is 14.4 Å². The van der Waals surface area contributed by atoms with Crippen LogP contribution in [0.25, 0.3) is 0 Å². The maximum atomic E-state index is 12.7. The van der Waals surface area contributed by atoms with Crippen LogP contribution in [-0.4, -0.2) is 25.1 Å². The van der Waals surface area contributed by atoms with E-state index in [1.54, 1.807) is 0 Å². The zero-order valence-electron chi connectivity index (χ0n) is 16.6. The molecule has 1 aliphatic rings. The first-order valence-electron chi connectivity index (χ1n) is 10.0. The molecule has 1 amide bonds. The minimum absolute atomic E-state index is 0.0443. The Hall–Kier alpha value is -2.33. The van der Waals surface area contributed by atoms with Crippen LogP contribution in [0, 0.1) is 0 Å². The predicted molar refractivity (Wildman–Crippen MR) is 109 cm³/mol. The largest absolute Gasteiger partial charge is 0.492 e. The molecule has 3 rings (SSSR count). The van der Waals surface area contributed by atoms with Gasteiger partial charge in [-0.1, -0.05) is 50.2 Å². The van der Waals surface area contributed by atoms with Crippen molar-refractivity contribution >= 4 is 11.6 Å². The Morgan fingerprint density at radius 2 is 1.85 bits per heavy atom. The number of quaternary nitrogens is 1. The Labute approximate surface area is 162 Å². The van der Waals surface area contributed by atoms with Gasteiger partial charge in [-0.25, -0.2) is 0 Å². The number of hydrogen-bond donors (Lipinski definition) is 2. The van der Waals surface area contributed by atoms with E-state index in [0.29, 0.717) is 25.1 Å². The molecule has 4 nitrogen and oxygen atoms in total. The topological polar surface area (TPSA) is 42.8 Å². The van der Waals surface area contributed by atoms with Crippen molar-refractivity contribution in [2.75, 3.05) is 18.5 Å². The van der Waals surface area contributed by atoms with Crippen molar-refractivity contribution in [2.24, 2.45) is 0 Å². The van der Waals surface area contributed by atoms with Gasteiger partial charge in [0.2, 0.25) is 0 Å². The zero-order chi connectivity index (χ0) is 19.2. The van der Waals surface area contributed by atoms with Crippen LogP contribution < -0.4 is 15.0 Å². The van der Waals surface area contributed by atoms with E-state index >= 15 is 0 Å². The highest BCUT2D eigenvalue weighted by Crippen LogP contribution is 2.23. The van der Waals surface area contributed by atoms with Gasteiger partial charge in [0.05, 0.1) is 18.3 Å². The summed E-state index contributed by atoms with van der Waals surface area (Å²) in [5, 5.41) is 3.03. The van der Waals surface area contributed by atoms with E-state index in [-0.39, 0.29) is 5.91 Å². The van der Waals surface area contributed by atoms with Crippen LogP contribution in [0.1, 0.15) is 50.7 Å². The lowest BCUT2D eigenvalue weighted by atomic mass is 10.0. The Kier molecular flexibility index (Phi) is 6.51. The standard InChI is InChI=1S/C23H30N2O2/c1-4-27-22-8-6-5-7-21(22)24-23(26)16-25(20-13-14-20)15-18-9-11-19(12-10-18)17(2)3/h5-12,17,20H,4,13-16H2,1-3H3,(H,24,26)/p+1. The van der Waals surface area contributed by atoms with E-state index < -0.39 is 0 Å². The number of carbonyl (C=O) groups is 1. The monoisotopic (exact) mass is 367 g/mol. The fraction of sp³-hybridized carbons (Fsp3) is 0.435. The molecular formula is C23H31N2O2+. The third-order valence-electron chi connectivity index (χ3n) is 5.08. The number of nitrogens with one attached hydrogen (secondary N) is 2. The molecule has 1 atom stereocenters. The second-order valence-electron chi connectivity index (χ2n) is 7.66. The van der Waals surface area contributed by atoms with Gasteiger partial charge in [-0.15, -0.1) is 0 Å². The molecular weight excluding hydrogens is 336 g/mol. The molecule has 2 aromatic rings. The summed E-state index contributed by atoms with van der Waals surface area (Å²) in [5.74, 6) is 1.32. The minimum Gasteiger partial charge on any atom is -0.492 e. The average molecular weight is 368 g/mol. The lowest BCUT2D eigenvalue weighted by molar-refractivity contribution is -0.916. The number of para-hydroxylation sites is 2. The van der Waals surface area contributed by atoms with Crippen LogP contribution in [0.4, 0.5) is 5.69 Å². The summed E-state index contributed by atoms with van der Waals surface area (Å²) in [5.41, 5.74) is 3.40. The first-order valence-corrected chi connectivity index (χ1v) is 10.0. The molecule has 1 unspecified atom stereocenters. The Balaban J connectivity index is 1.62. The first kappa shape index (κ1) is 19.4. The highest BCUT2D eigenvalue weighted by atomic mass is 16.5. The maximum absolute atomic E-state index is 12.7. The molecule has 4 heteroatoms. The minimum atomic E-state index is 0.0443. The van der Waals surface area contributed by atoms with Crippen molar-refractivity contribution in [2.45, 2.75) is 52.1 Å². The van der Waals surface area contributed by atoms with Gasteiger partial charge in [0, 0.05) is 18.4 Å². The number of hydrogen-bond acceptors (Lipinski definition) is 2. The normalized spacial score (nSPS) is 14.8. The molecule has 144 valence electrons. The summed E-state index contributed by atoms with van der Waals surface area (Å²) in [6.07, 6.45) is 2.42. The highest BCUT2D eigenvalue weighted by Gasteiger charge is 2.34. The second-order valence-corrected chi connectivity index (χ2v) is 7.66. The summed E-state index contributed by atoms with van der Waals surface area (Å²) in [6.45, 7) is 8.32. The molecule has 1 fully saturated rings. The summed E-state index contributed by atoms with van der Waals surface area (Å²) >= 11 is 0. The molecule has 0 saturated heterocycles. The van der Waals surface area contributed by atoms with Crippen molar-refractivity contribution in [1.82, 2.24) is 0 Å². The highest BCUT2D eigenvalue weighted by molar-refractivity contribution is 5.92. The van der Waals surface area contributed by atoms with E-state index in [1.807, 2.05) is 31.2 Å². The SMILES string of the molecule is CCOc1ccccc1NC(=O)C[NH+](Cc1ccc(C(C)C)cc1)C1CC1. The van der Waals surface area contributed by atoms with Gasteiger partial charge in [-0.2, -0.15) is 0 Å². The van der Waals surface area contributed by atoms with E-state index in [1.165, 1.54) is 28.9 Å². The molecule has 0 aromatic heterocycles. The smallest absolute Gasteiger partial charge is 0.279 e. The quantitative estimate of drug-likeness (QED) is 0.713. The summed E-state index contributed by atoms with van der Waals surface area (Å²) in [7, 11) is 0. The number of amides is 1. The van der Waals surface area contributed by atoms with Crippen molar-refractivity contribution in [3.63, 3.8) is 0 Å². The molecule has 27 heavy (non-hydrogen) atoms. The fourth-order valence-corrected chi connectivity index (χ4v) is 3.38. The summed E-state index contributed by atoms with van der Waals surface area (Å²) < 4.78 is 5.61. The molecule has 1 saturated carbocycles. The summed E-state index contributed by atoms with van der Waals surface area (Å²) in [4.78, 5) is 14.0. The average Bonchev–Trinajstić information content (AvgIpc) is 3.49. The van der Waals surface area contributed by atoms with Crippen LogP contribution in [0.15, 0.2) is 48.5 Å². The predicted octanol–water partition coefficient (Wildman–Crippen LogP) is 3.39. The van der Waals surface area contributed by atoms with Gasteiger partial charge < -0.3 is 15.0 Å². The number of carbonyl (C=O) groups excluding carboxylic acids is 1. The maximum Gasteiger partial charge on any atom is 0.279 e. The number of benzene rings is 2. The van der Waals surface area contributed by atoms with Crippen molar-refractivity contribution in [3.8, 4) is 5.75 Å². The molecule has 0 heterocycles. The molecule has 1 aliphatic carbocycles. The number of ether oxygens (including phenoxy) is 1. The third-order valence-corrected chi connectivity index (χ3v) is 5.08. The molecule has 2 N–H and O–H groups in total. The van der Waals surface area contributed by atoms with Gasteiger partial charge in [-0.05, 0) is 30.5 Å². The van der Waals surface area contributed by atoms with Crippen LogP contribution in [-0.2, 0) is 11.3 Å². The van der Waals surface area contributed by atoms with Gasteiger partial charge in [0.15, 0.2) is 6.54 Å². The van der Waals surface area contributed by atoms with Crippen LogP contribution in [0.5, 0.6) is 5.75 Å². The molecule has 0 spiro atoms. The van der Waals surface area contributed by atoms with Crippen molar-refractivity contribution in [3.05, 3.63) is 59.7 Å². The third kappa shape index (κ3) is 5.57. The Morgan fingerprint density at radius 3 is 2.48 bits per heavy atom. The molecule has 0 radical (unpaired) electrons. The van der Waals surface area contributed by atoms with E-state index in [2.05, 4.69) is 43.4 Å². The molecule has 2 aromatic carbocycles. The van der Waals surface area contributed by atoms with Crippen molar-refractivity contribution in [1.29, 1.82) is 0 Å². The van der Waals surface area contributed by atoms with E-state index in [9.17, 15) is 4.79 Å². The molecule has 0 aliphatic heterocycles. The first-order chi connectivity index (χ1) is 13.1. The lowest BCUT2D eigenvalue weighted by Gasteiger charge is -2.20. The van der Waals surface area contributed by atoms with Gasteiger partial charge in [-0.3, -0.25) is 4.79 Å². The van der Waals surface area contributed by atoms with Gasteiger partial charge in [0.25, 0.3) is 5.91 Å². The van der Waals surface area contributed by atoms with Gasteiger partial charge >= 0.3 is 0 Å². The van der Waals surface area contributed by atoms with Crippen LogP contribution in [0.2, 0.25) is 0 Å². The second kappa shape index (κ2) is 9.05. The lowest BCUT2D eigenvalue weighted by Crippen LogP contribution is -3.13. The van der Waals surface area contributed by atoms with E-state index in [0.717, 1.165) is 18.0 Å². The van der Waals surface area contributed by atoms with Crippen LogP contribution >= 0.6 is 0 Å². The van der Waals surface area contributed by atoms with Gasteiger partial charge in [0.1, 0.15) is 12.3 Å². The summed E-state index contributed by atoms with van der Waals surface area (Å²) in [6, 6.07) is 17.1. The number of anilines is 1.